The number of nitriles is 1. The molecule has 7 heteroatoms. The van der Waals surface area contributed by atoms with Crippen LogP contribution in [0, 0.1) is 11.3 Å². The molecule has 0 aliphatic carbocycles. The minimum atomic E-state index is -0.594. The zero-order chi connectivity index (χ0) is 17.1. The zero-order valence-electron chi connectivity index (χ0n) is 12.9. The Kier molecular flexibility index (Phi) is 7.86. The maximum absolute atomic E-state index is 11.8. The molecular weight excluding hydrogens is 298 g/mol. The van der Waals surface area contributed by atoms with Gasteiger partial charge in [-0.2, -0.15) is 5.26 Å². The first-order chi connectivity index (χ1) is 11.0. The highest BCUT2D eigenvalue weighted by Crippen LogP contribution is 2.17. The number of nitrogens with zero attached hydrogens (tertiary/aromatic N) is 1. The van der Waals surface area contributed by atoms with Gasteiger partial charge in [0.2, 0.25) is 5.91 Å². The van der Waals surface area contributed by atoms with Crippen LogP contribution in [0.2, 0.25) is 0 Å². The number of nitrogens with one attached hydrogen (secondary N) is 2. The van der Waals surface area contributed by atoms with Gasteiger partial charge in [0.05, 0.1) is 25.0 Å². The normalized spacial score (nSPS) is 11.0. The zero-order valence-corrected chi connectivity index (χ0v) is 12.9. The summed E-state index contributed by atoms with van der Waals surface area (Å²) >= 11 is 0. The SMILES string of the molecule is CC(=O)N[C@@H](CC(=O)OCC(=O)NCCC#N)c1ccccc1. The summed E-state index contributed by atoms with van der Waals surface area (Å²) in [5.74, 6) is -1.33. The monoisotopic (exact) mass is 317 g/mol. The Bertz CT molecular complexity index is 581. The molecule has 2 amide bonds. The second-order valence-electron chi connectivity index (χ2n) is 4.79. The minimum Gasteiger partial charge on any atom is -0.456 e. The summed E-state index contributed by atoms with van der Waals surface area (Å²) in [6.45, 7) is 1.17. The summed E-state index contributed by atoms with van der Waals surface area (Å²) in [6, 6.07) is 10.4. The first-order valence-corrected chi connectivity index (χ1v) is 7.14. The smallest absolute Gasteiger partial charge is 0.308 e. The molecule has 0 heterocycles. The van der Waals surface area contributed by atoms with E-state index in [0.717, 1.165) is 5.56 Å². The summed E-state index contributed by atoms with van der Waals surface area (Å²) in [6.07, 6.45) is 0.118. The Hall–Kier alpha value is -2.88. The largest absolute Gasteiger partial charge is 0.456 e. The predicted molar refractivity (Wildman–Crippen MR) is 81.8 cm³/mol. The maximum Gasteiger partial charge on any atom is 0.308 e. The molecule has 1 rings (SSSR count). The molecule has 0 spiro atoms. The standard InChI is InChI=1S/C16H19N3O4/c1-12(20)19-14(13-6-3-2-4-7-13)10-16(22)23-11-15(21)18-9-5-8-17/h2-4,6-7,14H,5,9-11H2,1H3,(H,18,21)(H,19,20)/t14-/m0/s1. The van der Waals surface area contributed by atoms with E-state index in [1.807, 2.05) is 12.1 Å². The number of ether oxygens (including phenoxy) is 1. The maximum atomic E-state index is 11.8. The molecule has 1 aromatic carbocycles. The van der Waals surface area contributed by atoms with Crippen LogP contribution in [-0.2, 0) is 19.1 Å². The molecule has 0 fully saturated rings. The van der Waals surface area contributed by atoms with E-state index in [4.69, 9.17) is 10.00 Å². The van der Waals surface area contributed by atoms with E-state index in [9.17, 15) is 14.4 Å². The highest BCUT2D eigenvalue weighted by Gasteiger charge is 2.18. The third-order valence-corrected chi connectivity index (χ3v) is 2.87. The van der Waals surface area contributed by atoms with Gasteiger partial charge in [-0.05, 0) is 5.56 Å². The second-order valence-corrected chi connectivity index (χ2v) is 4.79. The van der Waals surface area contributed by atoms with Crippen molar-refractivity contribution in [3.63, 3.8) is 0 Å². The fourth-order valence-corrected chi connectivity index (χ4v) is 1.86. The molecule has 2 N–H and O–H groups in total. The van der Waals surface area contributed by atoms with Gasteiger partial charge in [-0.1, -0.05) is 30.3 Å². The quantitative estimate of drug-likeness (QED) is 0.545. The molecule has 0 aromatic heterocycles. The molecule has 23 heavy (non-hydrogen) atoms. The lowest BCUT2D eigenvalue weighted by Crippen LogP contribution is -2.31. The van der Waals surface area contributed by atoms with Crippen LogP contribution in [0.4, 0.5) is 0 Å². The van der Waals surface area contributed by atoms with E-state index in [0.29, 0.717) is 0 Å². The Labute approximate surface area is 134 Å². The van der Waals surface area contributed by atoms with Crippen molar-refractivity contribution in [3.8, 4) is 6.07 Å². The Balaban J connectivity index is 2.49. The van der Waals surface area contributed by atoms with Crippen LogP contribution in [0.1, 0.15) is 31.4 Å². The molecule has 7 nitrogen and oxygen atoms in total. The van der Waals surface area contributed by atoms with Crippen molar-refractivity contribution in [3.05, 3.63) is 35.9 Å². The molecule has 0 aliphatic rings. The van der Waals surface area contributed by atoms with Crippen molar-refractivity contribution in [1.82, 2.24) is 10.6 Å². The van der Waals surface area contributed by atoms with E-state index >= 15 is 0 Å². The molecular formula is C16H19N3O4. The third kappa shape index (κ3) is 7.62. The highest BCUT2D eigenvalue weighted by molar-refractivity contribution is 5.81. The van der Waals surface area contributed by atoms with E-state index in [-0.39, 0.29) is 25.3 Å². The molecule has 1 aromatic rings. The average Bonchev–Trinajstić information content (AvgIpc) is 2.53. The van der Waals surface area contributed by atoms with Crippen LogP contribution in [0.3, 0.4) is 0 Å². The number of hydrogen-bond acceptors (Lipinski definition) is 5. The summed E-state index contributed by atoms with van der Waals surface area (Å²) in [7, 11) is 0. The number of esters is 1. The van der Waals surface area contributed by atoms with Crippen LogP contribution in [0.15, 0.2) is 30.3 Å². The third-order valence-electron chi connectivity index (χ3n) is 2.87. The van der Waals surface area contributed by atoms with Crippen LogP contribution < -0.4 is 10.6 Å². The van der Waals surface area contributed by atoms with Gasteiger partial charge in [-0.3, -0.25) is 14.4 Å². The van der Waals surface area contributed by atoms with Crippen LogP contribution in [-0.4, -0.2) is 30.9 Å². The lowest BCUT2D eigenvalue weighted by molar-refractivity contribution is -0.149. The number of carbonyl (C=O) groups excluding carboxylic acids is 3. The molecule has 0 saturated carbocycles. The number of carbonyl (C=O) groups is 3. The van der Waals surface area contributed by atoms with Gasteiger partial charge in [0.25, 0.3) is 5.91 Å². The molecule has 0 aliphatic heterocycles. The number of hydrogen-bond donors (Lipinski definition) is 2. The topological polar surface area (TPSA) is 108 Å². The molecule has 0 unspecified atom stereocenters. The van der Waals surface area contributed by atoms with E-state index in [1.165, 1.54) is 6.92 Å². The Morgan fingerprint density at radius 2 is 1.96 bits per heavy atom. The van der Waals surface area contributed by atoms with Gasteiger partial charge in [-0.25, -0.2) is 0 Å². The van der Waals surface area contributed by atoms with Crippen molar-refractivity contribution in [2.45, 2.75) is 25.8 Å². The second kappa shape index (κ2) is 9.95. The van der Waals surface area contributed by atoms with Crippen molar-refractivity contribution >= 4 is 17.8 Å². The number of benzene rings is 1. The van der Waals surface area contributed by atoms with Gasteiger partial charge >= 0.3 is 5.97 Å². The highest BCUT2D eigenvalue weighted by atomic mass is 16.5. The first kappa shape index (κ1) is 18.2. The summed E-state index contributed by atoms with van der Waals surface area (Å²) in [5, 5.41) is 13.5. The Morgan fingerprint density at radius 3 is 2.57 bits per heavy atom. The van der Waals surface area contributed by atoms with E-state index < -0.39 is 24.5 Å². The van der Waals surface area contributed by atoms with E-state index in [2.05, 4.69) is 10.6 Å². The molecule has 0 radical (unpaired) electrons. The lowest BCUT2D eigenvalue weighted by atomic mass is 10.0. The predicted octanol–water partition coefficient (Wildman–Crippen LogP) is 0.827. The number of amides is 2. The molecule has 122 valence electrons. The fourth-order valence-electron chi connectivity index (χ4n) is 1.86. The summed E-state index contributed by atoms with van der Waals surface area (Å²) in [4.78, 5) is 34.5. The van der Waals surface area contributed by atoms with Crippen LogP contribution in [0.5, 0.6) is 0 Å². The van der Waals surface area contributed by atoms with Crippen molar-refractivity contribution in [2.24, 2.45) is 0 Å². The first-order valence-electron chi connectivity index (χ1n) is 7.14. The van der Waals surface area contributed by atoms with Crippen LogP contribution in [0.25, 0.3) is 0 Å². The molecule has 1 atom stereocenters. The van der Waals surface area contributed by atoms with E-state index in [1.54, 1.807) is 24.3 Å². The fraction of sp³-hybridized carbons (Fsp3) is 0.375. The minimum absolute atomic E-state index is 0.0743. The van der Waals surface area contributed by atoms with Gasteiger partial charge in [0.1, 0.15) is 0 Å². The summed E-state index contributed by atoms with van der Waals surface area (Å²) < 4.78 is 4.88. The molecule has 0 bridgehead atoms. The van der Waals surface area contributed by atoms with Crippen molar-refractivity contribution < 1.29 is 19.1 Å². The lowest BCUT2D eigenvalue weighted by Gasteiger charge is -2.17. The van der Waals surface area contributed by atoms with Crippen molar-refractivity contribution in [2.75, 3.05) is 13.2 Å². The van der Waals surface area contributed by atoms with Crippen LogP contribution >= 0.6 is 0 Å². The average molecular weight is 317 g/mol. The molecule has 0 saturated heterocycles. The number of rotatable bonds is 8. The van der Waals surface area contributed by atoms with Gasteiger partial charge in [0, 0.05) is 13.5 Å². The van der Waals surface area contributed by atoms with Gasteiger partial charge < -0.3 is 15.4 Å². The summed E-state index contributed by atoms with van der Waals surface area (Å²) in [5.41, 5.74) is 0.776. The van der Waals surface area contributed by atoms with Crippen molar-refractivity contribution in [1.29, 1.82) is 5.26 Å². The van der Waals surface area contributed by atoms with Gasteiger partial charge in [0.15, 0.2) is 6.61 Å². The Morgan fingerprint density at radius 1 is 1.26 bits per heavy atom. The van der Waals surface area contributed by atoms with Gasteiger partial charge in [-0.15, -0.1) is 0 Å².